The molecule has 122 valence electrons. The third-order valence-electron chi connectivity index (χ3n) is 3.70. The summed E-state index contributed by atoms with van der Waals surface area (Å²) >= 11 is 1.89. The summed E-state index contributed by atoms with van der Waals surface area (Å²) in [5.41, 5.74) is -0.374. The van der Waals surface area contributed by atoms with Crippen molar-refractivity contribution in [1.82, 2.24) is 9.80 Å². The fourth-order valence-corrected chi connectivity index (χ4v) is 3.41. The molecule has 0 atom stereocenters. The van der Waals surface area contributed by atoms with Gasteiger partial charge in [0.15, 0.2) is 0 Å². The third kappa shape index (κ3) is 5.77. The maximum absolute atomic E-state index is 12.8. The van der Waals surface area contributed by atoms with E-state index >= 15 is 0 Å². The number of aliphatic carboxylic acids is 1. The van der Waals surface area contributed by atoms with Crippen molar-refractivity contribution in [1.29, 1.82) is 0 Å². The van der Waals surface area contributed by atoms with Crippen molar-refractivity contribution in [3.05, 3.63) is 0 Å². The molecule has 6 heteroatoms. The van der Waals surface area contributed by atoms with Crippen molar-refractivity contribution < 1.29 is 14.7 Å². The highest BCUT2D eigenvalue weighted by atomic mass is 32.2. The molecule has 1 aliphatic rings. The molecule has 1 saturated heterocycles. The van der Waals surface area contributed by atoms with Crippen LogP contribution >= 0.6 is 11.8 Å². The summed E-state index contributed by atoms with van der Waals surface area (Å²) in [6, 6.07) is -0.0398. The molecule has 1 N–H and O–H groups in total. The predicted molar refractivity (Wildman–Crippen MR) is 86.8 cm³/mol. The third-order valence-corrected chi connectivity index (χ3v) is 5.07. The molecule has 0 radical (unpaired) electrons. The minimum absolute atomic E-state index is 0.0168. The molecule has 0 aromatic rings. The average molecular weight is 316 g/mol. The van der Waals surface area contributed by atoms with E-state index in [1.165, 1.54) is 0 Å². The molecule has 1 rings (SSSR count). The summed E-state index contributed by atoms with van der Waals surface area (Å²) in [7, 11) is 0. The Labute approximate surface area is 132 Å². The van der Waals surface area contributed by atoms with Gasteiger partial charge in [-0.1, -0.05) is 13.8 Å². The number of nitrogens with zero attached hydrogens (tertiary/aromatic N) is 2. The van der Waals surface area contributed by atoms with Gasteiger partial charge in [-0.05, 0) is 27.2 Å². The standard InChI is InChI=1S/C15H28N2O3S/c1-14(2,3)17(8-6-12(18)19)13(20)16-9-7-15(4,5)21-11-10-16/h6-11H2,1-5H3,(H,18,19). The minimum atomic E-state index is -0.871. The second-order valence-corrected chi connectivity index (χ2v) is 8.90. The average Bonchev–Trinajstić information content (AvgIpc) is 2.48. The zero-order valence-corrected chi connectivity index (χ0v) is 14.6. The lowest BCUT2D eigenvalue weighted by molar-refractivity contribution is -0.137. The lowest BCUT2D eigenvalue weighted by Crippen LogP contribution is -2.53. The van der Waals surface area contributed by atoms with Gasteiger partial charge < -0.3 is 14.9 Å². The highest BCUT2D eigenvalue weighted by molar-refractivity contribution is 8.00. The number of urea groups is 1. The van der Waals surface area contributed by atoms with Crippen LogP contribution in [0.2, 0.25) is 0 Å². The zero-order valence-electron chi connectivity index (χ0n) is 13.8. The first-order chi connectivity index (χ1) is 9.53. The molecule has 0 aromatic heterocycles. The van der Waals surface area contributed by atoms with E-state index in [2.05, 4.69) is 13.8 Å². The molecular weight excluding hydrogens is 288 g/mol. The summed E-state index contributed by atoms with van der Waals surface area (Å²) in [5.74, 6) is 0.0555. The molecule has 0 aliphatic carbocycles. The fourth-order valence-electron chi connectivity index (χ4n) is 2.31. The number of carboxylic acids is 1. The van der Waals surface area contributed by atoms with Crippen LogP contribution in [0.1, 0.15) is 47.5 Å². The zero-order chi connectivity index (χ0) is 16.3. The van der Waals surface area contributed by atoms with Crippen LogP contribution in [0.5, 0.6) is 0 Å². The maximum Gasteiger partial charge on any atom is 0.320 e. The van der Waals surface area contributed by atoms with Crippen molar-refractivity contribution in [2.24, 2.45) is 0 Å². The smallest absolute Gasteiger partial charge is 0.320 e. The summed E-state index contributed by atoms with van der Waals surface area (Å²) in [6.07, 6.45) is 0.942. The molecule has 5 nitrogen and oxygen atoms in total. The van der Waals surface area contributed by atoms with Crippen molar-refractivity contribution in [3.63, 3.8) is 0 Å². The Morgan fingerprint density at radius 1 is 1.29 bits per heavy atom. The highest BCUT2D eigenvalue weighted by Crippen LogP contribution is 2.31. The van der Waals surface area contributed by atoms with Crippen molar-refractivity contribution >= 4 is 23.8 Å². The second-order valence-electron chi connectivity index (χ2n) is 7.09. The van der Waals surface area contributed by atoms with Gasteiger partial charge in [0, 0.05) is 35.7 Å². The second kappa shape index (κ2) is 6.90. The maximum atomic E-state index is 12.8. The van der Waals surface area contributed by atoms with Crippen LogP contribution in [0.25, 0.3) is 0 Å². The fraction of sp³-hybridized carbons (Fsp3) is 0.867. The summed E-state index contributed by atoms with van der Waals surface area (Å²) in [4.78, 5) is 27.1. The monoisotopic (exact) mass is 316 g/mol. The minimum Gasteiger partial charge on any atom is -0.481 e. The largest absolute Gasteiger partial charge is 0.481 e. The molecule has 2 amide bonds. The first-order valence-electron chi connectivity index (χ1n) is 7.45. The van der Waals surface area contributed by atoms with Crippen molar-refractivity contribution in [3.8, 4) is 0 Å². The van der Waals surface area contributed by atoms with Gasteiger partial charge in [0.05, 0.1) is 6.42 Å². The van der Waals surface area contributed by atoms with Gasteiger partial charge in [0.25, 0.3) is 0 Å². The summed E-state index contributed by atoms with van der Waals surface area (Å²) in [6.45, 7) is 12.0. The lowest BCUT2D eigenvalue weighted by atomic mass is 10.1. The number of carbonyl (C=O) groups excluding carboxylic acids is 1. The van der Waals surface area contributed by atoms with Crippen LogP contribution in [-0.4, -0.2) is 62.6 Å². The molecule has 21 heavy (non-hydrogen) atoms. The molecule has 1 aliphatic heterocycles. The van der Waals surface area contributed by atoms with Crippen LogP contribution < -0.4 is 0 Å². The van der Waals surface area contributed by atoms with E-state index in [4.69, 9.17) is 5.11 Å². The van der Waals surface area contributed by atoms with E-state index in [0.717, 1.165) is 25.3 Å². The Balaban J connectivity index is 2.77. The van der Waals surface area contributed by atoms with E-state index in [1.807, 2.05) is 37.4 Å². The van der Waals surface area contributed by atoms with E-state index in [-0.39, 0.29) is 29.3 Å². The van der Waals surface area contributed by atoms with E-state index in [0.29, 0.717) is 0 Å². The van der Waals surface area contributed by atoms with Gasteiger partial charge in [0.1, 0.15) is 0 Å². The molecule has 1 fully saturated rings. The number of amides is 2. The molecule has 0 spiro atoms. The van der Waals surface area contributed by atoms with Crippen LogP contribution in [-0.2, 0) is 4.79 Å². The van der Waals surface area contributed by atoms with E-state index in [1.54, 1.807) is 4.90 Å². The summed E-state index contributed by atoms with van der Waals surface area (Å²) in [5, 5.41) is 8.88. The Morgan fingerprint density at radius 2 is 1.90 bits per heavy atom. The Morgan fingerprint density at radius 3 is 2.43 bits per heavy atom. The van der Waals surface area contributed by atoms with Gasteiger partial charge in [-0.3, -0.25) is 4.79 Å². The molecule has 1 heterocycles. The van der Waals surface area contributed by atoms with Gasteiger partial charge >= 0.3 is 12.0 Å². The number of hydrogen-bond donors (Lipinski definition) is 1. The van der Waals surface area contributed by atoms with Crippen LogP contribution in [0.3, 0.4) is 0 Å². The first-order valence-corrected chi connectivity index (χ1v) is 8.44. The SMILES string of the molecule is CC1(C)CCN(C(=O)N(CCC(=O)O)C(C)(C)C)CCS1. The normalized spacial score (nSPS) is 19.0. The van der Waals surface area contributed by atoms with Crippen LogP contribution in [0.15, 0.2) is 0 Å². The lowest BCUT2D eigenvalue weighted by Gasteiger charge is -2.39. The Hall–Kier alpha value is -0.910. The number of carboxylic acid groups (broad SMARTS) is 1. The number of rotatable bonds is 3. The highest BCUT2D eigenvalue weighted by Gasteiger charge is 2.33. The first kappa shape index (κ1) is 18.1. The molecule has 0 saturated carbocycles. The van der Waals surface area contributed by atoms with Crippen molar-refractivity contribution in [2.45, 2.75) is 57.7 Å². The Bertz CT molecular complexity index is 391. The van der Waals surface area contributed by atoms with Crippen LogP contribution in [0.4, 0.5) is 4.79 Å². The summed E-state index contributed by atoms with van der Waals surface area (Å²) < 4.78 is 0.197. The molecule has 0 unspecified atom stereocenters. The quantitative estimate of drug-likeness (QED) is 0.869. The van der Waals surface area contributed by atoms with Gasteiger partial charge in [-0.2, -0.15) is 11.8 Å². The Kier molecular flexibility index (Phi) is 5.96. The number of carbonyl (C=O) groups is 2. The molecule has 0 aromatic carbocycles. The van der Waals surface area contributed by atoms with E-state index in [9.17, 15) is 9.59 Å². The topological polar surface area (TPSA) is 60.9 Å². The number of hydrogen-bond acceptors (Lipinski definition) is 3. The predicted octanol–water partition coefficient (Wildman–Crippen LogP) is 2.90. The van der Waals surface area contributed by atoms with Gasteiger partial charge in [0.2, 0.25) is 0 Å². The van der Waals surface area contributed by atoms with Crippen LogP contribution in [0, 0.1) is 0 Å². The molecule has 0 bridgehead atoms. The van der Waals surface area contributed by atoms with Crippen molar-refractivity contribution in [2.75, 3.05) is 25.4 Å². The number of thioether (sulfide) groups is 1. The molecular formula is C15H28N2O3S. The van der Waals surface area contributed by atoms with Gasteiger partial charge in [-0.15, -0.1) is 0 Å². The van der Waals surface area contributed by atoms with Gasteiger partial charge in [-0.25, -0.2) is 4.79 Å². The van der Waals surface area contributed by atoms with E-state index < -0.39 is 5.97 Å².